The van der Waals surface area contributed by atoms with E-state index in [0.717, 1.165) is 6.92 Å². The molecule has 0 aliphatic heterocycles. The third kappa shape index (κ3) is 4.33. The Morgan fingerprint density at radius 2 is 1.82 bits per heavy atom. The Balaban J connectivity index is 2.47. The van der Waals surface area contributed by atoms with Crippen molar-refractivity contribution in [2.75, 3.05) is 12.3 Å². The van der Waals surface area contributed by atoms with Crippen molar-refractivity contribution in [2.45, 2.75) is 6.92 Å². The SMILES string of the molecule is CC(=O)OC(=O)CNC(=O)c1ccc(N)cc1. The van der Waals surface area contributed by atoms with E-state index >= 15 is 0 Å². The molecular formula is C11H12N2O4. The summed E-state index contributed by atoms with van der Waals surface area (Å²) < 4.78 is 4.24. The lowest BCUT2D eigenvalue weighted by Gasteiger charge is -2.04. The van der Waals surface area contributed by atoms with Gasteiger partial charge < -0.3 is 15.8 Å². The van der Waals surface area contributed by atoms with E-state index in [1.54, 1.807) is 12.1 Å². The van der Waals surface area contributed by atoms with Gasteiger partial charge in [0.15, 0.2) is 0 Å². The van der Waals surface area contributed by atoms with E-state index in [2.05, 4.69) is 10.1 Å². The number of rotatable bonds is 3. The minimum atomic E-state index is -0.804. The van der Waals surface area contributed by atoms with E-state index in [1.807, 2.05) is 0 Å². The summed E-state index contributed by atoms with van der Waals surface area (Å²) in [5, 5.41) is 2.32. The van der Waals surface area contributed by atoms with E-state index in [-0.39, 0.29) is 6.54 Å². The molecule has 1 aromatic rings. The molecule has 0 aromatic heterocycles. The lowest BCUT2D eigenvalue weighted by Crippen LogP contribution is -2.31. The molecule has 0 spiro atoms. The van der Waals surface area contributed by atoms with Gasteiger partial charge in [0.05, 0.1) is 0 Å². The van der Waals surface area contributed by atoms with Crippen LogP contribution in [0.15, 0.2) is 24.3 Å². The smallest absolute Gasteiger partial charge is 0.333 e. The summed E-state index contributed by atoms with van der Waals surface area (Å²) in [6.07, 6.45) is 0. The third-order valence-electron chi connectivity index (χ3n) is 1.82. The molecule has 0 aliphatic rings. The average Bonchev–Trinajstić information content (AvgIpc) is 2.26. The molecule has 90 valence electrons. The van der Waals surface area contributed by atoms with Crippen LogP contribution in [0.1, 0.15) is 17.3 Å². The van der Waals surface area contributed by atoms with Gasteiger partial charge in [0, 0.05) is 18.2 Å². The van der Waals surface area contributed by atoms with Crippen molar-refractivity contribution in [3.63, 3.8) is 0 Å². The van der Waals surface area contributed by atoms with Gasteiger partial charge in [0.1, 0.15) is 6.54 Å². The number of nitrogen functional groups attached to an aromatic ring is 1. The molecule has 6 heteroatoms. The highest BCUT2D eigenvalue weighted by Crippen LogP contribution is 2.04. The number of hydrogen-bond acceptors (Lipinski definition) is 5. The summed E-state index contributed by atoms with van der Waals surface area (Å²) in [5.41, 5.74) is 6.37. The quantitative estimate of drug-likeness (QED) is 0.440. The Labute approximate surface area is 97.7 Å². The predicted octanol–water partition coefficient (Wildman–Crippen LogP) is 0.0883. The Morgan fingerprint density at radius 3 is 2.35 bits per heavy atom. The molecule has 0 aliphatic carbocycles. The Morgan fingerprint density at radius 1 is 1.24 bits per heavy atom. The monoisotopic (exact) mass is 236 g/mol. The molecule has 3 N–H and O–H groups in total. The molecule has 1 aromatic carbocycles. The highest BCUT2D eigenvalue weighted by atomic mass is 16.6. The first kappa shape index (κ1) is 12.7. The highest BCUT2D eigenvalue weighted by molar-refractivity contribution is 5.97. The molecule has 1 rings (SSSR count). The Bertz CT molecular complexity index is 439. The zero-order valence-corrected chi connectivity index (χ0v) is 9.23. The van der Waals surface area contributed by atoms with Gasteiger partial charge >= 0.3 is 11.9 Å². The topological polar surface area (TPSA) is 98.5 Å². The first-order chi connectivity index (χ1) is 7.99. The van der Waals surface area contributed by atoms with Gasteiger partial charge in [-0.1, -0.05) is 0 Å². The van der Waals surface area contributed by atoms with E-state index in [1.165, 1.54) is 12.1 Å². The van der Waals surface area contributed by atoms with Crippen molar-refractivity contribution < 1.29 is 19.1 Å². The molecular weight excluding hydrogens is 224 g/mol. The normalized spacial score (nSPS) is 9.47. The van der Waals surface area contributed by atoms with Crippen LogP contribution in [0.5, 0.6) is 0 Å². The summed E-state index contributed by atoms with van der Waals surface area (Å²) in [6.45, 7) is 0.752. The average molecular weight is 236 g/mol. The number of carbonyl (C=O) groups excluding carboxylic acids is 3. The summed E-state index contributed by atoms with van der Waals surface area (Å²) in [6, 6.07) is 6.20. The van der Waals surface area contributed by atoms with Gasteiger partial charge in [-0.2, -0.15) is 0 Å². The van der Waals surface area contributed by atoms with Crippen LogP contribution in [0.4, 0.5) is 5.69 Å². The molecule has 0 unspecified atom stereocenters. The molecule has 1 amide bonds. The van der Waals surface area contributed by atoms with Gasteiger partial charge in [0.25, 0.3) is 5.91 Å². The Hall–Kier alpha value is -2.37. The number of nitrogens with one attached hydrogen (secondary N) is 1. The summed E-state index contributed by atoms with van der Waals surface area (Å²) in [4.78, 5) is 32.9. The molecule has 0 atom stereocenters. The van der Waals surface area contributed by atoms with E-state index in [0.29, 0.717) is 11.3 Å². The second-order valence-electron chi connectivity index (χ2n) is 3.27. The number of nitrogens with two attached hydrogens (primary N) is 1. The largest absolute Gasteiger partial charge is 0.399 e. The van der Waals surface area contributed by atoms with Crippen LogP contribution in [0.25, 0.3) is 0 Å². The fourth-order valence-electron chi connectivity index (χ4n) is 1.09. The predicted molar refractivity (Wildman–Crippen MR) is 60.0 cm³/mol. The van der Waals surface area contributed by atoms with Crippen molar-refractivity contribution in [3.05, 3.63) is 29.8 Å². The lowest BCUT2D eigenvalue weighted by molar-refractivity contribution is -0.157. The molecule has 17 heavy (non-hydrogen) atoms. The molecule has 0 bridgehead atoms. The molecule has 0 heterocycles. The van der Waals surface area contributed by atoms with Crippen LogP contribution in [0.2, 0.25) is 0 Å². The third-order valence-corrected chi connectivity index (χ3v) is 1.82. The van der Waals surface area contributed by atoms with Crippen LogP contribution in [-0.2, 0) is 14.3 Å². The lowest BCUT2D eigenvalue weighted by atomic mass is 10.2. The molecule has 0 radical (unpaired) electrons. The number of carbonyl (C=O) groups is 3. The minimum absolute atomic E-state index is 0.358. The summed E-state index contributed by atoms with van der Waals surface area (Å²) >= 11 is 0. The maximum atomic E-state index is 11.5. The molecule has 0 saturated heterocycles. The molecule has 0 fully saturated rings. The number of amides is 1. The van der Waals surface area contributed by atoms with Crippen molar-refractivity contribution in [1.82, 2.24) is 5.32 Å². The first-order valence-electron chi connectivity index (χ1n) is 4.84. The fourth-order valence-corrected chi connectivity index (χ4v) is 1.09. The number of benzene rings is 1. The fraction of sp³-hybridized carbons (Fsp3) is 0.182. The van der Waals surface area contributed by atoms with Crippen molar-refractivity contribution in [1.29, 1.82) is 0 Å². The number of ether oxygens (including phenoxy) is 1. The molecule has 0 saturated carbocycles. The van der Waals surface area contributed by atoms with Crippen LogP contribution in [0.3, 0.4) is 0 Å². The zero-order valence-electron chi connectivity index (χ0n) is 9.23. The van der Waals surface area contributed by atoms with Crippen LogP contribution in [-0.4, -0.2) is 24.4 Å². The second-order valence-corrected chi connectivity index (χ2v) is 3.27. The maximum absolute atomic E-state index is 11.5. The standard InChI is InChI=1S/C11H12N2O4/c1-7(14)17-10(15)6-13-11(16)8-2-4-9(12)5-3-8/h2-5H,6,12H2,1H3,(H,13,16). The van der Waals surface area contributed by atoms with Gasteiger partial charge in [-0.25, -0.2) is 4.79 Å². The number of anilines is 1. The van der Waals surface area contributed by atoms with Crippen molar-refractivity contribution in [2.24, 2.45) is 0 Å². The van der Waals surface area contributed by atoms with E-state index < -0.39 is 17.8 Å². The summed E-state index contributed by atoms with van der Waals surface area (Å²) in [5.74, 6) is -1.96. The van der Waals surface area contributed by atoms with Crippen LogP contribution in [0, 0.1) is 0 Å². The van der Waals surface area contributed by atoms with Crippen molar-refractivity contribution >= 4 is 23.5 Å². The first-order valence-corrected chi connectivity index (χ1v) is 4.84. The zero-order chi connectivity index (χ0) is 12.8. The number of hydrogen-bond donors (Lipinski definition) is 2. The number of esters is 2. The van der Waals surface area contributed by atoms with Crippen LogP contribution >= 0.6 is 0 Å². The van der Waals surface area contributed by atoms with Crippen LogP contribution < -0.4 is 11.1 Å². The summed E-state index contributed by atoms with van der Waals surface area (Å²) in [7, 11) is 0. The van der Waals surface area contributed by atoms with Gasteiger partial charge in [0.2, 0.25) is 0 Å². The van der Waals surface area contributed by atoms with Gasteiger partial charge in [-0.05, 0) is 24.3 Å². The Kier molecular flexibility index (Phi) is 4.21. The van der Waals surface area contributed by atoms with Gasteiger partial charge in [-0.15, -0.1) is 0 Å². The van der Waals surface area contributed by atoms with E-state index in [9.17, 15) is 14.4 Å². The molecule has 6 nitrogen and oxygen atoms in total. The van der Waals surface area contributed by atoms with Gasteiger partial charge in [-0.3, -0.25) is 9.59 Å². The maximum Gasteiger partial charge on any atom is 0.333 e. The second kappa shape index (κ2) is 5.64. The minimum Gasteiger partial charge on any atom is -0.399 e. The highest BCUT2D eigenvalue weighted by Gasteiger charge is 2.09. The van der Waals surface area contributed by atoms with E-state index in [4.69, 9.17) is 5.73 Å². The van der Waals surface area contributed by atoms with Crippen molar-refractivity contribution in [3.8, 4) is 0 Å².